The average Bonchev–Trinajstić information content (AvgIpc) is 2.97. The molecule has 1 aliphatic heterocycles. The number of fused-ring (bicyclic) bond motifs is 1. The molecule has 3 rings (SSSR count). The summed E-state index contributed by atoms with van der Waals surface area (Å²) in [4.78, 5) is 16.2. The van der Waals surface area contributed by atoms with Crippen molar-refractivity contribution in [3.63, 3.8) is 0 Å². The van der Waals surface area contributed by atoms with Crippen molar-refractivity contribution < 1.29 is 9.53 Å². The second-order valence-corrected chi connectivity index (χ2v) is 6.44. The summed E-state index contributed by atoms with van der Waals surface area (Å²) >= 11 is 5.95. The van der Waals surface area contributed by atoms with E-state index in [1.165, 1.54) is 25.7 Å². The Morgan fingerprint density at radius 1 is 1.38 bits per heavy atom. The zero-order valence-corrected chi connectivity index (χ0v) is 15.8. The number of amides is 1. The number of pyridine rings is 1. The minimum Gasteiger partial charge on any atom is -0.475 e. The van der Waals surface area contributed by atoms with Crippen LogP contribution in [-0.4, -0.2) is 36.1 Å². The maximum atomic E-state index is 12.2. The summed E-state index contributed by atoms with van der Waals surface area (Å²) in [6.07, 6.45) is 7.63. The molecule has 1 saturated carbocycles. The van der Waals surface area contributed by atoms with Crippen molar-refractivity contribution in [3.8, 4) is 5.88 Å². The molecule has 1 aliphatic carbocycles. The number of hydrogen-bond donors (Lipinski definition) is 2. The molecule has 24 heavy (non-hydrogen) atoms. The third-order valence-corrected chi connectivity index (χ3v) is 4.83. The topological polar surface area (TPSA) is 63.2 Å². The zero-order valence-electron chi connectivity index (χ0n) is 13.4. The lowest BCUT2D eigenvalue weighted by atomic mass is 9.85. The molecule has 0 aromatic carbocycles. The second-order valence-electron chi connectivity index (χ2n) is 6.04. The van der Waals surface area contributed by atoms with Crippen molar-refractivity contribution >= 4 is 42.3 Å². The highest BCUT2D eigenvalue weighted by Crippen LogP contribution is 2.33. The van der Waals surface area contributed by atoms with Gasteiger partial charge in [-0.3, -0.25) is 4.79 Å². The van der Waals surface area contributed by atoms with Crippen LogP contribution in [0.2, 0.25) is 5.02 Å². The molecular formula is C16H24Cl3N3O2. The maximum Gasteiger partial charge on any atom is 0.237 e. The number of carbonyl (C=O) groups is 1. The predicted molar refractivity (Wildman–Crippen MR) is 99.5 cm³/mol. The number of hydrogen-bond acceptors (Lipinski definition) is 4. The minimum absolute atomic E-state index is 0. The van der Waals surface area contributed by atoms with E-state index < -0.39 is 0 Å². The average molecular weight is 397 g/mol. The van der Waals surface area contributed by atoms with Crippen molar-refractivity contribution in [3.05, 3.63) is 23.4 Å². The van der Waals surface area contributed by atoms with Gasteiger partial charge in [0.1, 0.15) is 11.6 Å². The van der Waals surface area contributed by atoms with E-state index in [9.17, 15) is 4.79 Å². The van der Waals surface area contributed by atoms with Gasteiger partial charge in [0.15, 0.2) is 0 Å². The van der Waals surface area contributed by atoms with Gasteiger partial charge in [0.2, 0.25) is 11.8 Å². The summed E-state index contributed by atoms with van der Waals surface area (Å²) in [5.41, 5.74) is 0. The fourth-order valence-corrected chi connectivity index (χ4v) is 3.62. The molecule has 3 unspecified atom stereocenters. The maximum absolute atomic E-state index is 12.2. The van der Waals surface area contributed by atoms with Crippen LogP contribution >= 0.6 is 36.4 Å². The van der Waals surface area contributed by atoms with Crippen LogP contribution in [0.3, 0.4) is 0 Å². The molecule has 2 fully saturated rings. The van der Waals surface area contributed by atoms with E-state index in [1.807, 2.05) is 0 Å². The summed E-state index contributed by atoms with van der Waals surface area (Å²) in [5.74, 6) is 1.15. The van der Waals surface area contributed by atoms with E-state index in [0.717, 1.165) is 6.42 Å². The predicted octanol–water partition coefficient (Wildman–Crippen LogP) is 2.99. The summed E-state index contributed by atoms with van der Waals surface area (Å²) in [7, 11) is 0. The molecule has 1 aromatic rings. The number of nitrogens with zero attached hydrogens (tertiary/aromatic N) is 1. The van der Waals surface area contributed by atoms with Gasteiger partial charge in [-0.25, -0.2) is 4.98 Å². The first-order chi connectivity index (χ1) is 10.7. The van der Waals surface area contributed by atoms with Gasteiger partial charge in [0.25, 0.3) is 0 Å². The van der Waals surface area contributed by atoms with Crippen LogP contribution in [0.1, 0.15) is 32.1 Å². The molecule has 0 bridgehead atoms. The highest BCUT2D eigenvalue weighted by molar-refractivity contribution is 6.31. The third kappa shape index (κ3) is 5.38. The lowest BCUT2D eigenvalue weighted by molar-refractivity contribution is -0.123. The van der Waals surface area contributed by atoms with Crippen molar-refractivity contribution in [2.75, 3.05) is 13.2 Å². The van der Waals surface area contributed by atoms with Gasteiger partial charge in [-0.1, -0.05) is 24.4 Å². The molecule has 0 spiro atoms. The first kappa shape index (κ1) is 21.3. The van der Waals surface area contributed by atoms with Crippen LogP contribution in [0, 0.1) is 5.92 Å². The Kier molecular flexibility index (Phi) is 9.13. The van der Waals surface area contributed by atoms with Crippen molar-refractivity contribution in [2.45, 2.75) is 44.2 Å². The van der Waals surface area contributed by atoms with Crippen LogP contribution in [-0.2, 0) is 4.79 Å². The molecule has 2 N–H and O–H groups in total. The fourth-order valence-electron chi connectivity index (χ4n) is 3.44. The van der Waals surface area contributed by atoms with E-state index in [0.29, 0.717) is 36.0 Å². The monoisotopic (exact) mass is 395 g/mol. The zero-order chi connectivity index (χ0) is 15.4. The van der Waals surface area contributed by atoms with Crippen LogP contribution in [0.5, 0.6) is 5.88 Å². The standard InChI is InChI=1S/C16H22ClN3O2.2ClH/c17-12-5-3-7-19-16(12)22-9-8-18-15(21)14-10-11-4-1-2-6-13(11)20-14;;/h3,5,7,11,13-14,20H,1-2,4,6,8-10H2,(H,18,21);2*1H. The van der Waals surface area contributed by atoms with Crippen molar-refractivity contribution in [1.82, 2.24) is 15.6 Å². The number of halogens is 3. The second kappa shape index (κ2) is 10.3. The van der Waals surface area contributed by atoms with Gasteiger partial charge >= 0.3 is 0 Å². The van der Waals surface area contributed by atoms with Gasteiger partial charge in [0.05, 0.1) is 12.6 Å². The lowest BCUT2D eigenvalue weighted by Gasteiger charge is -2.24. The van der Waals surface area contributed by atoms with Crippen LogP contribution in [0.15, 0.2) is 18.3 Å². The largest absolute Gasteiger partial charge is 0.475 e. The van der Waals surface area contributed by atoms with Gasteiger partial charge < -0.3 is 15.4 Å². The highest BCUT2D eigenvalue weighted by Gasteiger charge is 2.37. The summed E-state index contributed by atoms with van der Waals surface area (Å²) in [6.45, 7) is 0.821. The summed E-state index contributed by atoms with van der Waals surface area (Å²) in [5, 5.41) is 6.88. The molecule has 2 aliphatic rings. The van der Waals surface area contributed by atoms with E-state index in [2.05, 4.69) is 15.6 Å². The third-order valence-electron chi connectivity index (χ3n) is 4.54. The number of rotatable bonds is 5. The molecule has 1 aromatic heterocycles. The van der Waals surface area contributed by atoms with Gasteiger partial charge in [-0.05, 0) is 37.3 Å². The first-order valence-corrected chi connectivity index (χ1v) is 8.39. The van der Waals surface area contributed by atoms with E-state index >= 15 is 0 Å². The minimum atomic E-state index is -0.0495. The normalized spacial score (nSPS) is 25.0. The van der Waals surface area contributed by atoms with Crippen LogP contribution in [0.4, 0.5) is 0 Å². The molecular weight excluding hydrogens is 373 g/mol. The Labute approximate surface area is 160 Å². The first-order valence-electron chi connectivity index (χ1n) is 8.01. The number of nitrogens with one attached hydrogen (secondary N) is 2. The molecule has 1 amide bonds. The summed E-state index contributed by atoms with van der Waals surface area (Å²) in [6, 6.07) is 3.97. The molecule has 8 heteroatoms. The molecule has 136 valence electrons. The van der Waals surface area contributed by atoms with Gasteiger partial charge in [-0.15, -0.1) is 24.8 Å². The van der Waals surface area contributed by atoms with Crippen molar-refractivity contribution in [1.29, 1.82) is 0 Å². The van der Waals surface area contributed by atoms with Crippen molar-refractivity contribution in [2.24, 2.45) is 5.92 Å². The Morgan fingerprint density at radius 2 is 2.17 bits per heavy atom. The molecule has 1 saturated heterocycles. The fraction of sp³-hybridized carbons (Fsp3) is 0.625. The Bertz CT molecular complexity index is 519. The molecule has 5 nitrogen and oxygen atoms in total. The summed E-state index contributed by atoms with van der Waals surface area (Å²) < 4.78 is 5.47. The number of carbonyl (C=O) groups excluding carboxylic acids is 1. The lowest BCUT2D eigenvalue weighted by Crippen LogP contribution is -2.44. The quantitative estimate of drug-likeness (QED) is 0.751. The molecule has 2 heterocycles. The number of ether oxygens (including phenoxy) is 1. The van der Waals surface area contributed by atoms with Gasteiger partial charge in [0, 0.05) is 12.2 Å². The van der Waals surface area contributed by atoms with Crippen LogP contribution < -0.4 is 15.4 Å². The Balaban J connectivity index is 0.00000144. The Hall–Kier alpha value is -0.750. The Morgan fingerprint density at radius 3 is 2.92 bits per heavy atom. The van der Waals surface area contributed by atoms with E-state index in [-0.39, 0.29) is 36.8 Å². The van der Waals surface area contributed by atoms with Gasteiger partial charge in [-0.2, -0.15) is 0 Å². The smallest absolute Gasteiger partial charge is 0.237 e. The number of aromatic nitrogens is 1. The van der Waals surface area contributed by atoms with E-state index in [4.69, 9.17) is 16.3 Å². The van der Waals surface area contributed by atoms with Crippen LogP contribution in [0.25, 0.3) is 0 Å². The molecule has 3 atom stereocenters. The van der Waals surface area contributed by atoms with E-state index in [1.54, 1.807) is 18.3 Å². The molecule has 0 radical (unpaired) electrons. The SMILES string of the molecule is Cl.Cl.O=C(NCCOc1ncccc1Cl)C1CC2CCCCC2N1. The highest BCUT2D eigenvalue weighted by atomic mass is 35.5.